The monoisotopic (exact) mass is 329 g/mol. The van der Waals surface area contributed by atoms with Crippen molar-refractivity contribution in [2.45, 2.75) is 64.5 Å². The van der Waals surface area contributed by atoms with Crippen molar-refractivity contribution in [3.8, 4) is 0 Å². The number of carbonyl (C=O) groups is 2. The number of rotatable bonds is 7. The molecule has 0 saturated carbocycles. The van der Waals surface area contributed by atoms with E-state index in [1.165, 1.54) is 20.8 Å². The fourth-order valence-electron chi connectivity index (χ4n) is 1.44. The van der Waals surface area contributed by atoms with Crippen molar-refractivity contribution < 1.29 is 37.3 Å². The number of alkyl halides is 3. The molecule has 6 nitrogen and oxygen atoms in total. The average Bonchev–Trinajstić information content (AvgIpc) is 2.28. The molecule has 0 aliphatic rings. The normalized spacial score (nSPS) is 15.0. The summed E-state index contributed by atoms with van der Waals surface area (Å²) >= 11 is 0. The number of amides is 1. The number of ether oxygens (including phenoxy) is 2. The Balaban J connectivity index is 5.05. The van der Waals surface area contributed by atoms with Crippen molar-refractivity contribution >= 4 is 12.1 Å². The Morgan fingerprint density at radius 2 is 1.77 bits per heavy atom. The molecule has 9 heteroatoms. The van der Waals surface area contributed by atoms with Gasteiger partial charge in [-0.15, -0.1) is 0 Å². The lowest BCUT2D eigenvalue weighted by Crippen LogP contribution is -2.56. The SMILES string of the molecule is CCCCO[C@@H]([C@@H](NC(=O)OC(C)(C)C)C(=O)O)C(F)(F)F. The number of unbranched alkanes of at least 4 members (excludes halogenated alkanes) is 1. The van der Waals surface area contributed by atoms with Crippen LogP contribution in [-0.2, 0) is 14.3 Å². The van der Waals surface area contributed by atoms with Crippen LogP contribution in [0.4, 0.5) is 18.0 Å². The molecule has 0 radical (unpaired) electrons. The van der Waals surface area contributed by atoms with Crippen molar-refractivity contribution in [2.24, 2.45) is 0 Å². The van der Waals surface area contributed by atoms with E-state index >= 15 is 0 Å². The molecule has 0 aliphatic heterocycles. The predicted molar refractivity (Wildman–Crippen MR) is 71.5 cm³/mol. The summed E-state index contributed by atoms with van der Waals surface area (Å²) in [5.41, 5.74) is -0.968. The van der Waals surface area contributed by atoms with Crippen LogP contribution in [0.3, 0.4) is 0 Å². The van der Waals surface area contributed by atoms with Gasteiger partial charge >= 0.3 is 18.2 Å². The van der Waals surface area contributed by atoms with E-state index in [0.717, 1.165) is 0 Å². The van der Waals surface area contributed by atoms with Crippen LogP contribution in [0.15, 0.2) is 0 Å². The molecule has 0 aliphatic carbocycles. The molecule has 22 heavy (non-hydrogen) atoms. The van der Waals surface area contributed by atoms with E-state index in [1.807, 2.05) is 0 Å². The van der Waals surface area contributed by atoms with Crippen LogP contribution < -0.4 is 5.32 Å². The molecule has 2 N–H and O–H groups in total. The van der Waals surface area contributed by atoms with Gasteiger partial charge in [-0.3, -0.25) is 0 Å². The Kier molecular flexibility index (Phi) is 7.65. The zero-order valence-corrected chi connectivity index (χ0v) is 13.0. The van der Waals surface area contributed by atoms with Gasteiger partial charge < -0.3 is 19.9 Å². The number of halogens is 3. The first kappa shape index (κ1) is 20.5. The fraction of sp³-hybridized carbons (Fsp3) is 0.846. The first-order valence-corrected chi connectivity index (χ1v) is 6.79. The van der Waals surface area contributed by atoms with Gasteiger partial charge in [-0.2, -0.15) is 13.2 Å². The highest BCUT2D eigenvalue weighted by Crippen LogP contribution is 2.26. The molecule has 0 bridgehead atoms. The van der Waals surface area contributed by atoms with Crippen LogP contribution in [0.5, 0.6) is 0 Å². The van der Waals surface area contributed by atoms with Gasteiger partial charge in [-0.25, -0.2) is 9.59 Å². The number of nitrogens with one attached hydrogen (secondary N) is 1. The van der Waals surface area contributed by atoms with Crippen LogP contribution in [0, 0.1) is 0 Å². The van der Waals surface area contributed by atoms with Gasteiger partial charge in [0.25, 0.3) is 0 Å². The number of carbonyl (C=O) groups excluding carboxylic acids is 1. The zero-order valence-electron chi connectivity index (χ0n) is 13.0. The molecule has 130 valence electrons. The molecule has 0 fully saturated rings. The smallest absolute Gasteiger partial charge is 0.417 e. The summed E-state index contributed by atoms with van der Waals surface area (Å²) in [6.07, 6.45) is -7.92. The highest BCUT2D eigenvalue weighted by Gasteiger charge is 2.49. The average molecular weight is 329 g/mol. The molecule has 0 saturated heterocycles. The fourth-order valence-corrected chi connectivity index (χ4v) is 1.44. The summed E-state index contributed by atoms with van der Waals surface area (Å²) < 4.78 is 48.3. The second-order valence-electron chi connectivity index (χ2n) is 5.65. The summed E-state index contributed by atoms with van der Waals surface area (Å²) in [7, 11) is 0. The van der Waals surface area contributed by atoms with Gasteiger partial charge in [-0.05, 0) is 27.2 Å². The van der Waals surface area contributed by atoms with Gasteiger partial charge in [0.1, 0.15) is 5.60 Å². The molecule has 0 aromatic carbocycles. The lowest BCUT2D eigenvalue weighted by atomic mass is 10.1. The Bertz CT molecular complexity index is 379. The third kappa shape index (κ3) is 8.06. The molecule has 0 unspecified atom stereocenters. The Labute approximate surface area is 127 Å². The van der Waals surface area contributed by atoms with Crippen molar-refractivity contribution in [1.29, 1.82) is 0 Å². The number of carboxylic acid groups (broad SMARTS) is 1. The van der Waals surface area contributed by atoms with Crippen molar-refractivity contribution in [3.05, 3.63) is 0 Å². The van der Waals surface area contributed by atoms with E-state index in [-0.39, 0.29) is 6.61 Å². The van der Waals surface area contributed by atoms with Crippen LogP contribution in [0.2, 0.25) is 0 Å². The third-order valence-electron chi connectivity index (χ3n) is 2.36. The molecule has 0 spiro atoms. The predicted octanol–water partition coefficient (Wildman–Crippen LogP) is 2.71. The standard InChI is InChI=1S/C13H22F3NO5/c1-5-6-7-21-9(13(14,15)16)8(10(18)19)17-11(20)22-12(2,3)4/h8-9H,5-7H2,1-4H3,(H,17,20)(H,18,19)/t8-,9+/m1/s1. The van der Waals surface area contributed by atoms with Crippen LogP contribution >= 0.6 is 0 Å². The maximum atomic E-state index is 13.0. The minimum atomic E-state index is -4.94. The zero-order chi connectivity index (χ0) is 17.6. The van der Waals surface area contributed by atoms with E-state index < -0.39 is 36.0 Å². The van der Waals surface area contributed by atoms with Crippen molar-refractivity contribution in [2.75, 3.05) is 6.61 Å². The number of alkyl carbamates (subject to hydrolysis) is 1. The lowest BCUT2D eigenvalue weighted by molar-refractivity contribution is -0.230. The van der Waals surface area contributed by atoms with E-state index in [0.29, 0.717) is 12.8 Å². The van der Waals surface area contributed by atoms with E-state index in [1.54, 1.807) is 12.2 Å². The topological polar surface area (TPSA) is 84.9 Å². The van der Waals surface area contributed by atoms with Crippen molar-refractivity contribution in [3.63, 3.8) is 0 Å². The van der Waals surface area contributed by atoms with Crippen molar-refractivity contribution in [1.82, 2.24) is 5.32 Å². The molecular formula is C13H22F3NO5. The highest BCUT2D eigenvalue weighted by molar-refractivity contribution is 5.80. The molecule has 0 rings (SSSR count). The Hall–Kier alpha value is -1.51. The van der Waals surface area contributed by atoms with Gasteiger partial charge in [0.2, 0.25) is 0 Å². The van der Waals surface area contributed by atoms with E-state index in [2.05, 4.69) is 4.74 Å². The highest BCUT2D eigenvalue weighted by atomic mass is 19.4. The molecular weight excluding hydrogens is 307 g/mol. The van der Waals surface area contributed by atoms with Gasteiger partial charge in [-0.1, -0.05) is 13.3 Å². The minimum Gasteiger partial charge on any atom is -0.480 e. The summed E-state index contributed by atoms with van der Waals surface area (Å²) in [5, 5.41) is 10.7. The molecule has 2 atom stereocenters. The number of hydrogen-bond acceptors (Lipinski definition) is 4. The largest absolute Gasteiger partial charge is 0.480 e. The Morgan fingerprint density at radius 1 is 1.23 bits per heavy atom. The molecule has 0 heterocycles. The quantitative estimate of drug-likeness (QED) is 0.702. The van der Waals surface area contributed by atoms with Gasteiger partial charge in [0.05, 0.1) is 0 Å². The maximum absolute atomic E-state index is 13.0. The summed E-state index contributed by atoms with van der Waals surface area (Å²) in [6, 6.07) is -2.29. The minimum absolute atomic E-state index is 0.263. The summed E-state index contributed by atoms with van der Waals surface area (Å²) in [6.45, 7) is 5.99. The summed E-state index contributed by atoms with van der Waals surface area (Å²) in [4.78, 5) is 22.6. The van der Waals surface area contributed by atoms with Gasteiger partial charge in [0, 0.05) is 6.61 Å². The first-order chi connectivity index (χ1) is 9.88. The number of hydrogen-bond donors (Lipinski definition) is 2. The molecule has 0 aromatic heterocycles. The Morgan fingerprint density at radius 3 is 2.14 bits per heavy atom. The molecule has 1 amide bonds. The third-order valence-corrected chi connectivity index (χ3v) is 2.36. The first-order valence-electron chi connectivity index (χ1n) is 6.79. The second kappa shape index (κ2) is 8.21. The van der Waals surface area contributed by atoms with Gasteiger partial charge in [0.15, 0.2) is 12.1 Å². The molecule has 0 aromatic rings. The number of carboxylic acids is 1. The van der Waals surface area contributed by atoms with E-state index in [4.69, 9.17) is 9.84 Å². The van der Waals surface area contributed by atoms with Crippen LogP contribution in [0.25, 0.3) is 0 Å². The second-order valence-corrected chi connectivity index (χ2v) is 5.65. The number of aliphatic carboxylic acids is 1. The van der Waals surface area contributed by atoms with Crippen LogP contribution in [0.1, 0.15) is 40.5 Å². The maximum Gasteiger partial charge on any atom is 0.417 e. The van der Waals surface area contributed by atoms with E-state index in [9.17, 15) is 22.8 Å². The lowest BCUT2D eigenvalue weighted by Gasteiger charge is -2.28. The van der Waals surface area contributed by atoms with Crippen LogP contribution in [-0.4, -0.2) is 47.7 Å². The summed E-state index contributed by atoms with van der Waals surface area (Å²) in [5.74, 6) is -1.86.